The number of carbonyl (C=O) groups excluding carboxylic acids is 1. The van der Waals surface area contributed by atoms with Gasteiger partial charge in [-0.3, -0.25) is 24.3 Å². The number of nitrogens with one attached hydrogen (secondary N) is 1. The topological polar surface area (TPSA) is 107 Å². The summed E-state index contributed by atoms with van der Waals surface area (Å²) < 4.78 is 1.42. The molecule has 1 N–H and O–H groups in total. The van der Waals surface area contributed by atoms with Crippen molar-refractivity contribution in [3.05, 3.63) is 67.3 Å². The highest BCUT2D eigenvalue weighted by molar-refractivity contribution is 6.33. The third-order valence-corrected chi connectivity index (χ3v) is 5.05. The summed E-state index contributed by atoms with van der Waals surface area (Å²) in [5, 5.41) is 13.6. The Morgan fingerprint density at radius 1 is 1.33 bits per heavy atom. The van der Waals surface area contributed by atoms with Crippen LogP contribution in [0.3, 0.4) is 0 Å². The lowest BCUT2D eigenvalue weighted by atomic mass is 10.0. The maximum Gasteiger partial charge on any atom is 0.270 e. The Morgan fingerprint density at radius 3 is 2.74 bits per heavy atom. The minimum Gasteiger partial charge on any atom is -0.350 e. The minimum atomic E-state index is -0.593. The van der Waals surface area contributed by atoms with Crippen LogP contribution < -0.4 is 10.9 Å². The number of carbonyl (C=O) groups is 1. The molecule has 0 bridgehead atoms. The van der Waals surface area contributed by atoms with E-state index >= 15 is 0 Å². The van der Waals surface area contributed by atoms with Crippen LogP contribution in [0.1, 0.15) is 47.7 Å². The first-order valence-corrected chi connectivity index (χ1v) is 9.12. The highest BCUT2D eigenvalue weighted by atomic mass is 35.5. The van der Waals surface area contributed by atoms with Gasteiger partial charge in [-0.05, 0) is 18.9 Å². The van der Waals surface area contributed by atoms with Crippen LogP contribution in [0.15, 0.2) is 35.4 Å². The average Bonchev–Trinajstić information content (AvgIpc) is 3.17. The molecule has 1 saturated carbocycles. The molecule has 0 atom stereocenters. The monoisotopic (exact) mass is 390 g/mol. The number of aromatic nitrogens is 2. The number of benzene rings is 1. The number of halogens is 1. The Labute approximate surface area is 160 Å². The van der Waals surface area contributed by atoms with E-state index in [0.29, 0.717) is 5.92 Å². The molecule has 9 heteroatoms. The smallest absolute Gasteiger partial charge is 0.270 e. The molecule has 1 aliphatic carbocycles. The van der Waals surface area contributed by atoms with Crippen molar-refractivity contribution in [2.75, 3.05) is 6.54 Å². The average molecular weight is 391 g/mol. The molecule has 0 saturated heterocycles. The minimum absolute atomic E-state index is 0.0212. The normalized spacial score (nSPS) is 14.3. The van der Waals surface area contributed by atoms with Crippen molar-refractivity contribution >= 4 is 23.2 Å². The molecule has 0 unspecified atom stereocenters. The summed E-state index contributed by atoms with van der Waals surface area (Å²) in [5.74, 6) is -0.171. The summed E-state index contributed by atoms with van der Waals surface area (Å²) >= 11 is 5.95. The van der Waals surface area contributed by atoms with Crippen LogP contribution in [0, 0.1) is 10.1 Å². The Hall–Kier alpha value is -2.74. The van der Waals surface area contributed by atoms with E-state index in [2.05, 4.69) is 10.3 Å². The van der Waals surface area contributed by atoms with Gasteiger partial charge in [-0.25, -0.2) is 4.98 Å². The fourth-order valence-electron chi connectivity index (χ4n) is 3.24. The first-order chi connectivity index (χ1) is 13.0. The van der Waals surface area contributed by atoms with Crippen molar-refractivity contribution in [1.82, 2.24) is 14.9 Å². The van der Waals surface area contributed by atoms with Gasteiger partial charge in [-0.2, -0.15) is 0 Å². The van der Waals surface area contributed by atoms with Crippen LogP contribution in [-0.2, 0) is 6.54 Å². The predicted molar refractivity (Wildman–Crippen MR) is 100 cm³/mol. The molecule has 1 aliphatic rings. The largest absolute Gasteiger partial charge is 0.350 e. The number of nitro benzene ring substituents is 1. The van der Waals surface area contributed by atoms with Gasteiger partial charge in [0.25, 0.3) is 17.2 Å². The van der Waals surface area contributed by atoms with Crippen molar-refractivity contribution < 1.29 is 9.72 Å². The predicted octanol–water partition coefficient (Wildman–Crippen LogP) is 2.89. The summed E-state index contributed by atoms with van der Waals surface area (Å²) in [7, 11) is 0. The summed E-state index contributed by atoms with van der Waals surface area (Å²) in [4.78, 5) is 39.1. The van der Waals surface area contributed by atoms with Crippen molar-refractivity contribution in [1.29, 1.82) is 0 Å². The lowest BCUT2D eigenvalue weighted by Crippen LogP contribution is -2.31. The fourth-order valence-corrected chi connectivity index (χ4v) is 3.44. The van der Waals surface area contributed by atoms with Gasteiger partial charge in [0, 0.05) is 37.2 Å². The second-order valence-corrected chi connectivity index (χ2v) is 6.91. The number of hydrogen-bond acceptors (Lipinski definition) is 5. The third-order valence-electron chi connectivity index (χ3n) is 4.72. The van der Waals surface area contributed by atoms with Gasteiger partial charge in [0.2, 0.25) is 0 Å². The number of amides is 1. The van der Waals surface area contributed by atoms with Crippen LogP contribution in [0.2, 0.25) is 5.02 Å². The van der Waals surface area contributed by atoms with Crippen LogP contribution in [-0.4, -0.2) is 26.9 Å². The van der Waals surface area contributed by atoms with E-state index in [4.69, 9.17) is 11.6 Å². The number of rotatable bonds is 6. The van der Waals surface area contributed by atoms with Crippen molar-refractivity contribution in [2.24, 2.45) is 0 Å². The fraction of sp³-hybridized carbons (Fsp3) is 0.389. The highest BCUT2D eigenvalue weighted by Crippen LogP contribution is 2.32. The standard InChI is InChI=1S/C18H19ClN4O4/c19-15-6-5-13(23(26)27)9-14(15)18(25)20-7-8-22-11-21-16(10-17(22)24)12-3-1-2-4-12/h5-6,9-12H,1-4,7-8H2,(H,20,25). The molecule has 2 aromatic rings. The van der Waals surface area contributed by atoms with E-state index in [1.54, 1.807) is 6.07 Å². The molecule has 1 heterocycles. The lowest BCUT2D eigenvalue weighted by Gasteiger charge is -2.11. The molecule has 0 radical (unpaired) electrons. The van der Waals surface area contributed by atoms with Crippen molar-refractivity contribution in [3.8, 4) is 0 Å². The van der Waals surface area contributed by atoms with E-state index in [9.17, 15) is 19.7 Å². The Bertz CT molecular complexity index is 922. The first-order valence-electron chi connectivity index (χ1n) is 8.74. The SMILES string of the molecule is O=C(NCCn1cnc(C2CCCC2)cc1=O)c1cc([N+](=O)[O-])ccc1Cl. The van der Waals surface area contributed by atoms with Gasteiger partial charge in [-0.1, -0.05) is 24.4 Å². The molecule has 1 amide bonds. The van der Waals surface area contributed by atoms with Crippen molar-refractivity contribution in [2.45, 2.75) is 38.1 Å². The Morgan fingerprint density at radius 2 is 2.07 bits per heavy atom. The van der Waals surface area contributed by atoms with Gasteiger partial charge in [0.05, 0.1) is 27.5 Å². The molecule has 1 aromatic heterocycles. The first kappa shape index (κ1) is 19.0. The lowest BCUT2D eigenvalue weighted by molar-refractivity contribution is -0.384. The van der Waals surface area contributed by atoms with E-state index in [1.165, 1.54) is 35.9 Å². The Kier molecular flexibility index (Phi) is 5.85. The molecule has 0 aliphatic heterocycles. The van der Waals surface area contributed by atoms with Crippen LogP contribution in [0.4, 0.5) is 5.69 Å². The third kappa shape index (κ3) is 4.51. The highest BCUT2D eigenvalue weighted by Gasteiger charge is 2.19. The molecular weight excluding hydrogens is 372 g/mol. The molecular formula is C18H19ClN4O4. The van der Waals surface area contributed by atoms with E-state index in [1.807, 2.05) is 0 Å². The molecule has 1 aromatic carbocycles. The number of hydrogen-bond donors (Lipinski definition) is 1. The summed E-state index contributed by atoms with van der Waals surface area (Å²) in [6, 6.07) is 5.23. The summed E-state index contributed by atoms with van der Waals surface area (Å²) in [6.45, 7) is 0.414. The van der Waals surface area contributed by atoms with E-state index < -0.39 is 10.8 Å². The second-order valence-electron chi connectivity index (χ2n) is 6.50. The molecule has 0 spiro atoms. The quantitative estimate of drug-likeness (QED) is 0.602. The molecule has 142 valence electrons. The molecule has 8 nitrogen and oxygen atoms in total. The zero-order valence-corrected chi connectivity index (χ0v) is 15.3. The molecule has 3 rings (SSSR count). The number of nitrogens with zero attached hydrogens (tertiary/aromatic N) is 3. The van der Waals surface area contributed by atoms with Crippen molar-refractivity contribution in [3.63, 3.8) is 0 Å². The Balaban J connectivity index is 1.61. The maximum atomic E-state index is 12.2. The van der Waals surface area contributed by atoms with Gasteiger partial charge in [0.15, 0.2) is 0 Å². The summed E-state index contributed by atoms with van der Waals surface area (Å²) in [6.07, 6.45) is 5.97. The van der Waals surface area contributed by atoms with Gasteiger partial charge < -0.3 is 5.32 Å². The van der Waals surface area contributed by atoms with E-state index in [0.717, 1.165) is 24.6 Å². The number of nitro groups is 1. The van der Waals surface area contributed by atoms with Gasteiger partial charge in [-0.15, -0.1) is 0 Å². The zero-order valence-electron chi connectivity index (χ0n) is 14.6. The van der Waals surface area contributed by atoms with Crippen LogP contribution in [0.5, 0.6) is 0 Å². The van der Waals surface area contributed by atoms with Crippen LogP contribution in [0.25, 0.3) is 0 Å². The van der Waals surface area contributed by atoms with Gasteiger partial charge in [0.1, 0.15) is 0 Å². The van der Waals surface area contributed by atoms with Crippen LogP contribution >= 0.6 is 11.6 Å². The molecule has 1 fully saturated rings. The maximum absolute atomic E-state index is 12.2. The zero-order chi connectivity index (χ0) is 19.4. The van der Waals surface area contributed by atoms with E-state index in [-0.39, 0.29) is 34.9 Å². The van der Waals surface area contributed by atoms with Gasteiger partial charge >= 0.3 is 0 Å². The summed E-state index contributed by atoms with van der Waals surface area (Å²) in [5.41, 5.74) is 0.482. The number of non-ortho nitro benzene ring substituents is 1. The molecule has 27 heavy (non-hydrogen) atoms. The second kappa shape index (κ2) is 8.30.